The molecule has 0 radical (unpaired) electrons. The van der Waals surface area contributed by atoms with Crippen molar-refractivity contribution in [1.29, 1.82) is 0 Å². The summed E-state index contributed by atoms with van der Waals surface area (Å²) in [4.78, 5) is 25.0. The Morgan fingerprint density at radius 3 is 2.43 bits per heavy atom. The van der Waals surface area contributed by atoms with Gasteiger partial charge in [0.2, 0.25) is 11.8 Å². The van der Waals surface area contributed by atoms with E-state index in [9.17, 15) is 9.59 Å². The molecule has 1 N–H and O–H groups in total. The lowest BCUT2D eigenvalue weighted by atomic mass is 10.1. The Morgan fingerprint density at radius 2 is 1.90 bits per heavy atom. The lowest BCUT2D eigenvalue weighted by Gasteiger charge is -2.21. The molecule has 0 aliphatic heterocycles. The zero-order valence-electron chi connectivity index (χ0n) is 13.0. The fourth-order valence-electron chi connectivity index (χ4n) is 1.97. The van der Waals surface area contributed by atoms with E-state index >= 15 is 0 Å². The highest BCUT2D eigenvalue weighted by molar-refractivity contribution is 5.92. The first-order valence-corrected chi connectivity index (χ1v) is 7.21. The van der Waals surface area contributed by atoms with Crippen LogP contribution < -0.4 is 10.2 Å². The van der Waals surface area contributed by atoms with Crippen molar-refractivity contribution in [3.63, 3.8) is 0 Å². The quantitative estimate of drug-likeness (QED) is 0.743. The molecule has 21 heavy (non-hydrogen) atoms. The van der Waals surface area contributed by atoms with Gasteiger partial charge in [-0.2, -0.15) is 0 Å². The summed E-state index contributed by atoms with van der Waals surface area (Å²) in [5.74, 6) is -0.146. The number of benzene rings is 1. The molecule has 0 saturated carbocycles. The van der Waals surface area contributed by atoms with Crippen LogP contribution >= 0.6 is 0 Å². The van der Waals surface area contributed by atoms with Crippen LogP contribution in [0.5, 0.6) is 0 Å². The molecular formula is C16H24N2O3. The number of nitrogens with one attached hydrogen (secondary N) is 1. The summed E-state index contributed by atoms with van der Waals surface area (Å²) in [7, 11) is 1.59. The summed E-state index contributed by atoms with van der Waals surface area (Å²) < 4.78 is 4.87. The second-order valence-electron chi connectivity index (χ2n) is 4.78. The number of aryl methyl sites for hydroxylation is 1. The third-order valence-corrected chi connectivity index (χ3v) is 3.23. The Labute approximate surface area is 126 Å². The molecule has 5 nitrogen and oxygen atoms in total. The Morgan fingerprint density at radius 1 is 1.24 bits per heavy atom. The minimum Gasteiger partial charge on any atom is -0.383 e. The van der Waals surface area contributed by atoms with E-state index in [1.54, 1.807) is 12.0 Å². The lowest BCUT2D eigenvalue weighted by Crippen LogP contribution is -2.34. The fourth-order valence-corrected chi connectivity index (χ4v) is 1.97. The van der Waals surface area contributed by atoms with Gasteiger partial charge in [0.25, 0.3) is 0 Å². The number of ether oxygens (including phenoxy) is 1. The first-order chi connectivity index (χ1) is 10.1. The number of methoxy groups -OCH3 is 1. The Balaban J connectivity index is 2.57. The molecule has 2 amide bonds. The number of nitrogens with zero attached hydrogens (tertiary/aromatic N) is 1. The Hall–Kier alpha value is -1.88. The van der Waals surface area contributed by atoms with Crippen molar-refractivity contribution in [2.24, 2.45) is 0 Å². The van der Waals surface area contributed by atoms with Crippen LogP contribution in [-0.2, 0) is 20.7 Å². The number of hydrogen-bond acceptors (Lipinski definition) is 3. The summed E-state index contributed by atoms with van der Waals surface area (Å²) in [5, 5.41) is 2.75. The zero-order valence-corrected chi connectivity index (χ0v) is 13.0. The van der Waals surface area contributed by atoms with Crippen LogP contribution in [0.3, 0.4) is 0 Å². The van der Waals surface area contributed by atoms with Gasteiger partial charge in [-0.1, -0.05) is 19.1 Å². The third kappa shape index (κ3) is 5.95. The van der Waals surface area contributed by atoms with Gasteiger partial charge < -0.3 is 15.0 Å². The lowest BCUT2D eigenvalue weighted by molar-refractivity contribution is -0.121. The molecule has 1 aromatic rings. The molecule has 0 aromatic heterocycles. The summed E-state index contributed by atoms with van der Waals surface area (Å²) in [6.45, 7) is 4.94. The molecule has 0 atom stereocenters. The Kier molecular flexibility index (Phi) is 7.46. The highest BCUT2D eigenvalue weighted by Gasteiger charge is 2.13. The highest BCUT2D eigenvalue weighted by Crippen LogP contribution is 2.16. The van der Waals surface area contributed by atoms with E-state index in [0.717, 1.165) is 12.1 Å². The molecule has 0 aliphatic rings. The number of hydrogen-bond donors (Lipinski definition) is 1. The van der Waals surface area contributed by atoms with E-state index in [0.29, 0.717) is 19.7 Å². The largest absolute Gasteiger partial charge is 0.383 e. The second-order valence-corrected chi connectivity index (χ2v) is 4.78. The first kappa shape index (κ1) is 17.2. The van der Waals surface area contributed by atoms with Gasteiger partial charge in [0.05, 0.1) is 6.61 Å². The molecule has 0 aliphatic carbocycles. The molecule has 116 valence electrons. The van der Waals surface area contributed by atoms with Crippen LogP contribution in [0.2, 0.25) is 0 Å². The van der Waals surface area contributed by atoms with Crippen molar-refractivity contribution in [3.8, 4) is 0 Å². The van der Waals surface area contributed by atoms with Gasteiger partial charge in [-0.25, -0.2) is 0 Å². The first-order valence-electron chi connectivity index (χ1n) is 7.21. The van der Waals surface area contributed by atoms with Crippen molar-refractivity contribution in [2.45, 2.75) is 26.7 Å². The minimum absolute atomic E-state index is 0.0658. The molecular weight excluding hydrogens is 268 g/mol. The molecule has 5 heteroatoms. The smallest absolute Gasteiger partial charge is 0.223 e. The third-order valence-electron chi connectivity index (χ3n) is 3.23. The molecule has 1 aromatic carbocycles. The SMILES string of the molecule is CCc1ccc(N(CCC(=O)NCCOC)C(C)=O)cc1. The zero-order chi connectivity index (χ0) is 15.7. The Bertz CT molecular complexity index is 457. The number of carbonyl (C=O) groups excluding carboxylic acids is 2. The normalized spacial score (nSPS) is 10.2. The van der Waals surface area contributed by atoms with Crippen molar-refractivity contribution >= 4 is 17.5 Å². The van der Waals surface area contributed by atoms with E-state index in [2.05, 4.69) is 12.2 Å². The topological polar surface area (TPSA) is 58.6 Å². The number of carbonyl (C=O) groups is 2. The summed E-state index contributed by atoms with van der Waals surface area (Å²) in [6, 6.07) is 7.85. The van der Waals surface area contributed by atoms with Crippen molar-refractivity contribution in [2.75, 3.05) is 31.7 Å². The molecule has 0 spiro atoms. The van der Waals surface area contributed by atoms with Crippen LogP contribution in [-0.4, -0.2) is 38.6 Å². The van der Waals surface area contributed by atoms with Gasteiger partial charge >= 0.3 is 0 Å². The molecule has 1 rings (SSSR count). The monoisotopic (exact) mass is 292 g/mol. The minimum atomic E-state index is -0.0801. The molecule has 0 unspecified atom stereocenters. The number of rotatable bonds is 8. The standard InChI is InChI=1S/C16H24N2O3/c1-4-14-5-7-15(8-6-14)18(13(2)19)11-9-16(20)17-10-12-21-3/h5-8H,4,9-12H2,1-3H3,(H,17,20). The number of amides is 2. The highest BCUT2D eigenvalue weighted by atomic mass is 16.5. The van der Waals surface area contributed by atoms with Gasteiger partial charge in [0.15, 0.2) is 0 Å². The molecule has 0 saturated heterocycles. The van der Waals surface area contributed by atoms with E-state index in [-0.39, 0.29) is 18.2 Å². The summed E-state index contributed by atoms with van der Waals surface area (Å²) >= 11 is 0. The van der Waals surface area contributed by atoms with Crippen LogP contribution in [0.25, 0.3) is 0 Å². The average molecular weight is 292 g/mol. The number of anilines is 1. The van der Waals surface area contributed by atoms with E-state index < -0.39 is 0 Å². The van der Waals surface area contributed by atoms with Gasteiger partial charge in [-0.3, -0.25) is 9.59 Å². The maximum atomic E-state index is 11.7. The molecule has 0 fully saturated rings. The second kappa shape index (κ2) is 9.13. The maximum Gasteiger partial charge on any atom is 0.223 e. The predicted molar refractivity (Wildman–Crippen MR) is 83.3 cm³/mol. The average Bonchev–Trinajstić information content (AvgIpc) is 2.48. The predicted octanol–water partition coefficient (Wildman–Crippen LogP) is 1.75. The van der Waals surface area contributed by atoms with Gasteiger partial charge in [-0.05, 0) is 24.1 Å². The van der Waals surface area contributed by atoms with Crippen LogP contribution in [0, 0.1) is 0 Å². The van der Waals surface area contributed by atoms with Gasteiger partial charge in [0, 0.05) is 39.2 Å². The van der Waals surface area contributed by atoms with Crippen molar-refractivity contribution in [3.05, 3.63) is 29.8 Å². The van der Waals surface area contributed by atoms with Crippen molar-refractivity contribution in [1.82, 2.24) is 5.32 Å². The summed E-state index contributed by atoms with van der Waals surface area (Å²) in [5.41, 5.74) is 2.05. The fraction of sp³-hybridized carbons (Fsp3) is 0.500. The maximum absolute atomic E-state index is 11.7. The van der Waals surface area contributed by atoms with Gasteiger partial charge in [0.1, 0.15) is 0 Å². The summed E-state index contributed by atoms with van der Waals surface area (Å²) in [6.07, 6.45) is 1.24. The van der Waals surface area contributed by atoms with E-state index in [1.807, 2.05) is 24.3 Å². The molecule has 0 bridgehead atoms. The van der Waals surface area contributed by atoms with E-state index in [1.165, 1.54) is 12.5 Å². The van der Waals surface area contributed by atoms with Crippen LogP contribution in [0.4, 0.5) is 5.69 Å². The van der Waals surface area contributed by atoms with Gasteiger partial charge in [-0.15, -0.1) is 0 Å². The van der Waals surface area contributed by atoms with Crippen LogP contribution in [0.1, 0.15) is 25.8 Å². The van der Waals surface area contributed by atoms with Crippen LogP contribution in [0.15, 0.2) is 24.3 Å². The van der Waals surface area contributed by atoms with E-state index in [4.69, 9.17) is 4.74 Å². The molecule has 0 heterocycles. The van der Waals surface area contributed by atoms with Crippen molar-refractivity contribution < 1.29 is 14.3 Å².